The van der Waals surface area contributed by atoms with E-state index in [-0.39, 0.29) is 70.8 Å². The van der Waals surface area contributed by atoms with E-state index in [0.717, 1.165) is 43.2 Å². The van der Waals surface area contributed by atoms with Crippen molar-refractivity contribution in [3.8, 4) is 22.3 Å². The van der Waals surface area contributed by atoms with Crippen LogP contribution >= 0.6 is 0 Å². The number of fused-ring (bicyclic) bond motifs is 6. The molecule has 14 nitrogen and oxygen atoms in total. The molecule has 3 aliphatic carbocycles. The Balaban J connectivity index is 0.887. The van der Waals surface area contributed by atoms with Crippen LogP contribution in [0.5, 0.6) is 0 Å². The van der Waals surface area contributed by atoms with Gasteiger partial charge in [-0.15, -0.1) is 0 Å². The predicted octanol–water partition coefficient (Wildman–Crippen LogP) is 7.75. The van der Waals surface area contributed by atoms with Crippen LogP contribution in [0.4, 0.5) is 18.4 Å². The minimum absolute atomic E-state index is 0.00406. The first-order valence-electron chi connectivity index (χ1n) is 22.7. The lowest BCUT2D eigenvalue weighted by atomic mass is 9.95. The Morgan fingerprint density at radius 2 is 1.43 bits per heavy atom. The molecule has 1 spiro atoms. The van der Waals surface area contributed by atoms with Gasteiger partial charge < -0.3 is 34.9 Å². The van der Waals surface area contributed by atoms with Crippen molar-refractivity contribution in [3.63, 3.8) is 0 Å². The van der Waals surface area contributed by atoms with Crippen LogP contribution in [0.15, 0.2) is 64.6 Å². The van der Waals surface area contributed by atoms with E-state index in [4.69, 9.17) is 24.4 Å². The average Bonchev–Trinajstić information content (AvgIpc) is 3.95. The van der Waals surface area contributed by atoms with Gasteiger partial charge >= 0.3 is 12.2 Å². The molecule has 10 rings (SSSR count). The highest BCUT2D eigenvalue weighted by atomic mass is 19.3. The number of hydrogen-bond donors (Lipinski definition) is 3. The molecule has 6 aliphatic rings. The third-order valence-corrected chi connectivity index (χ3v) is 14.8. The molecule has 4 amide bonds. The van der Waals surface area contributed by atoms with Crippen molar-refractivity contribution < 1.29 is 37.4 Å². The molecule has 1 aromatic heterocycles. The monoisotopic (exact) mass is 888 g/mol. The number of hydrogen-bond acceptors (Lipinski definition) is 9. The minimum atomic E-state index is -3.29. The number of likely N-dealkylation sites (tertiary alicyclic amines) is 2. The summed E-state index contributed by atoms with van der Waals surface area (Å²) in [5, 5.41) is 5.43. The molecule has 340 valence electrons. The first-order valence-corrected chi connectivity index (χ1v) is 22.7. The van der Waals surface area contributed by atoms with E-state index < -0.39 is 30.2 Å². The number of nitrogens with zero attached hydrogens (tertiary/aromatic N) is 5. The summed E-state index contributed by atoms with van der Waals surface area (Å²) in [6.07, 6.45) is 4.09. The zero-order chi connectivity index (χ0) is 45.7. The maximum absolute atomic E-state index is 16.7. The van der Waals surface area contributed by atoms with E-state index in [2.05, 4.69) is 15.6 Å². The van der Waals surface area contributed by atoms with Crippen LogP contribution in [-0.4, -0.2) is 107 Å². The molecule has 4 heterocycles. The van der Waals surface area contributed by atoms with Gasteiger partial charge in [0.25, 0.3) is 5.92 Å². The van der Waals surface area contributed by atoms with Gasteiger partial charge in [0.05, 0.1) is 49.6 Å². The van der Waals surface area contributed by atoms with Gasteiger partial charge in [-0.25, -0.2) is 19.6 Å². The Bertz CT molecular complexity index is 2710. The average molecular weight is 889 g/mol. The number of alkyl halides is 2. The third-order valence-electron chi connectivity index (χ3n) is 14.8. The van der Waals surface area contributed by atoms with E-state index in [0.29, 0.717) is 58.1 Å². The Morgan fingerprint density at radius 1 is 0.815 bits per heavy atom. The summed E-state index contributed by atoms with van der Waals surface area (Å²) in [6, 6.07) is 13.8. The maximum Gasteiger partial charge on any atom is 0.407 e. The van der Waals surface area contributed by atoms with Crippen LogP contribution in [0.1, 0.15) is 94.8 Å². The number of methoxy groups -OCH3 is 2. The summed E-state index contributed by atoms with van der Waals surface area (Å²) >= 11 is 0. The number of ether oxygens (including phenoxy) is 2. The fourth-order valence-electron chi connectivity index (χ4n) is 11.1. The lowest BCUT2D eigenvalue weighted by molar-refractivity contribution is -0.139. The smallest absolute Gasteiger partial charge is 0.407 e. The van der Waals surface area contributed by atoms with Crippen molar-refractivity contribution in [1.82, 2.24) is 30.4 Å². The number of aliphatic imine (C=N–C) groups is 2. The lowest BCUT2D eigenvalue weighted by Gasteiger charge is -2.37. The minimum Gasteiger partial charge on any atom is -0.453 e. The van der Waals surface area contributed by atoms with Gasteiger partial charge in [0, 0.05) is 23.7 Å². The van der Waals surface area contributed by atoms with Crippen LogP contribution in [0, 0.1) is 23.2 Å². The molecule has 0 unspecified atom stereocenters. The Morgan fingerprint density at radius 3 is 2.08 bits per heavy atom. The molecule has 3 N–H and O–H groups in total. The molecule has 3 aromatic carbocycles. The van der Waals surface area contributed by atoms with E-state index in [1.54, 1.807) is 23.1 Å². The van der Waals surface area contributed by atoms with Gasteiger partial charge in [-0.1, -0.05) is 58.0 Å². The Hall–Kier alpha value is -6.19. The number of aromatic nitrogens is 2. The second kappa shape index (κ2) is 15.8. The first kappa shape index (κ1) is 42.7. The van der Waals surface area contributed by atoms with Gasteiger partial charge in [-0.3, -0.25) is 14.6 Å². The topological polar surface area (TPSA) is 171 Å². The van der Waals surface area contributed by atoms with Crippen molar-refractivity contribution in [2.45, 2.75) is 102 Å². The van der Waals surface area contributed by atoms with Crippen molar-refractivity contribution in [3.05, 3.63) is 77.1 Å². The number of alkyl carbamates (subject to hydrolysis) is 2. The number of halogens is 2. The van der Waals surface area contributed by atoms with Gasteiger partial charge in [0.15, 0.2) is 0 Å². The normalized spacial score (nSPS) is 24.0. The Labute approximate surface area is 375 Å². The number of rotatable bonds is 10. The summed E-state index contributed by atoms with van der Waals surface area (Å²) in [6.45, 7) is 8.28. The molecule has 65 heavy (non-hydrogen) atoms. The van der Waals surface area contributed by atoms with Crippen molar-refractivity contribution in [2.24, 2.45) is 33.2 Å². The number of amidine groups is 1. The van der Waals surface area contributed by atoms with Gasteiger partial charge in [-0.2, -0.15) is 8.78 Å². The van der Waals surface area contributed by atoms with Crippen molar-refractivity contribution in [1.29, 1.82) is 0 Å². The number of H-pyrrole nitrogens is 1. The second-order valence-corrected chi connectivity index (χ2v) is 19.5. The van der Waals surface area contributed by atoms with Crippen molar-refractivity contribution in [2.75, 3.05) is 27.3 Å². The molecule has 4 aromatic rings. The molecule has 2 bridgehead atoms. The number of piperidine rings is 1. The summed E-state index contributed by atoms with van der Waals surface area (Å²) in [7, 11) is 2.54. The zero-order valence-corrected chi connectivity index (χ0v) is 37.4. The molecule has 2 saturated heterocycles. The number of carbonyl (C=O) groups is 4. The fourth-order valence-corrected chi connectivity index (χ4v) is 11.1. The molecular formula is C49H54F2N8O6. The van der Waals surface area contributed by atoms with Crippen LogP contribution < -0.4 is 10.6 Å². The fraction of sp³-hybridized carbons (Fsp3) is 0.490. The van der Waals surface area contributed by atoms with E-state index >= 15 is 8.78 Å². The highest BCUT2D eigenvalue weighted by molar-refractivity contribution is 6.14. The van der Waals surface area contributed by atoms with Crippen molar-refractivity contribution >= 4 is 46.6 Å². The third kappa shape index (κ3) is 7.23. The number of benzene rings is 3. The standard InChI is InChI=1S/C49H54F2N8O6/c1-24(2)39(56-46(62)64-5)44(60)58-23-48(15-16-48)21-38(58)42-52-22-37(55-42)28-9-13-32-31-12-8-26(18-33(31)49(50,51)34(32)19-28)27-10-14-35-36(20-27)54-43(53-35)41-29-7-11-30(17-29)59(41)45(61)40(25(3)4)57-47(63)65-6/h8-10,12-14,18-20,24-25,29-30,38-41H,7,11,15-17,21-23H2,1-6H3,(H,53,54)(H,56,62)(H,57,63)/t29-,30+,38-,39+,40-,41-/m0/s1. The highest BCUT2D eigenvalue weighted by Gasteiger charge is 2.56. The first-order chi connectivity index (χ1) is 31.1. The van der Waals surface area contributed by atoms with Crippen LogP contribution in [0.3, 0.4) is 0 Å². The summed E-state index contributed by atoms with van der Waals surface area (Å²) in [5.74, 6) is -2.61. The van der Waals surface area contributed by atoms with E-state index in [9.17, 15) is 19.2 Å². The van der Waals surface area contributed by atoms with Gasteiger partial charge in [-0.05, 0) is 114 Å². The number of carbonyl (C=O) groups excluding carboxylic acids is 4. The number of nitrogens with one attached hydrogen (secondary N) is 3. The number of aromatic amines is 1. The van der Waals surface area contributed by atoms with Crippen LogP contribution in [-0.2, 0) is 25.0 Å². The van der Waals surface area contributed by atoms with Crippen LogP contribution in [0.25, 0.3) is 33.3 Å². The lowest BCUT2D eigenvalue weighted by Crippen LogP contribution is -2.54. The molecular weight excluding hydrogens is 835 g/mol. The number of amides is 4. The second-order valence-electron chi connectivity index (χ2n) is 19.5. The summed E-state index contributed by atoms with van der Waals surface area (Å²) in [4.78, 5) is 74.2. The molecule has 0 radical (unpaired) electrons. The van der Waals surface area contributed by atoms with Gasteiger partial charge in [0.2, 0.25) is 11.8 Å². The Kier molecular flexibility index (Phi) is 10.4. The largest absolute Gasteiger partial charge is 0.453 e. The van der Waals surface area contributed by atoms with E-state index in [1.165, 1.54) is 20.3 Å². The number of imidazole rings is 1. The molecule has 6 atom stereocenters. The highest BCUT2D eigenvalue weighted by Crippen LogP contribution is 2.56. The van der Waals surface area contributed by atoms with E-state index in [1.807, 2.05) is 62.9 Å². The van der Waals surface area contributed by atoms with Crippen LogP contribution in [0.2, 0.25) is 0 Å². The molecule has 16 heteroatoms. The molecule has 2 saturated carbocycles. The predicted molar refractivity (Wildman–Crippen MR) is 240 cm³/mol. The molecule has 3 aliphatic heterocycles. The SMILES string of the molecule is COC(=O)N[C@H](C(=O)N1[C@@H]2CC[C@@H](C2)[C@H]1c1nc2ccc(-c3ccc4c(c3)C(F)(F)c3cc(C5=NC([C@@H]6CC7(CC7)CN6C(=O)[C@H](NC(=O)OC)C(C)C)=NC5)ccc3-4)cc2[nH]1)C(C)C. The quantitative estimate of drug-likeness (QED) is 0.146. The van der Waals surface area contributed by atoms with Gasteiger partial charge in [0.1, 0.15) is 23.7 Å². The summed E-state index contributed by atoms with van der Waals surface area (Å²) in [5.41, 5.74) is 4.67. The summed E-state index contributed by atoms with van der Waals surface area (Å²) < 4.78 is 43.0. The molecule has 4 fully saturated rings. The zero-order valence-electron chi connectivity index (χ0n) is 37.4. The maximum atomic E-state index is 16.7.